The molecule has 1 aromatic heterocycles. The Hall–Kier alpha value is -1.86. The highest BCUT2D eigenvalue weighted by atomic mass is 79.9. The van der Waals surface area contributed by atoms with Crippen molar-refractivity contribution in [2.24, 2.45) is 10.9 Å². The standard InChI is InChI=1S/C11H8BrClN4O2/c12-6-1-2-9(7(13)5-6)19-11-15-4-3-8(16-11)10(14)17-18/h1-5,18H,(H2,14,17). The highest BCUT2D eigenvalue weighted by molar-refractivity contribution is 9.10. The molecular formula is C11H8BrClN4O2. The van der Waals surface area contributed by atoms with Crippen molar-refractivity contribution in [2.45, 2.75) is 0 Å². The van der Waals surface area contributed by atoms with Gasteiger partial charge < -0.3 is 15.7 Å². The van der Waals surface area contributed by atoms with Gasteiger partial charge in [0.1, 0.15) is 11.4 Å². The van der Waals surface area contributed by atoms with E-state index in [0.29, 0.717) is 10.8 Å². The summed E-state index contributed by atoms with van der Waals surface area (Å²) < 4.78 is 6.26. The van der Waals surface area contributed by atoms with E-state index >= 15 is 0 Å². The van der Waals surface area contributed by atoms with E-state index in [2.05, 4.69) is 31.1 Å². The molecule has 0 atom stereocenters. The first-order chi connectivity index (χ1) is 9.10. The lowest BCUT2D eigenvalue weighted by Gasteiger charge is -2.06. The van der Waals surface area contributed by atoms with E-state index in [4.69, 9.17) is 27.3 Å². The van der Waals surface area contributed by atoms with Crippen LogP contribution in [0.4, 0.5) is 0 Å². The molecule has 98 valence electrons. The highest BCUT2D eigenvalue weighted by Gasteiger charge is 2.08. The smallest absolute Gasteiger partial charge is 0.322 e. The van der Waals surface area contributed by atoms with Crippen LogP contribution in [-0.4, -0.2) is 21.0 Å². The lowest BCUT2D eigenvalue weighted by Crippen LogP contribution is -2.15. The molecular weight excluding hydrogens is 336 g/mol. The molecule has 0 fully saturated rings. The Kier molecular flexibility index (Phi) is 4.18. The van der Waals surface area contributed by atoms with Crippen LogP contribution in [0.3, 0.4) is 0 Å². The van der Waals surface area contributed by atoms with E-state index in [1.54, 1.807) is 18.2 Å². The third-order valence-electron chi connectivity index (χ3n) is 2.10. The van der Waals surface area contributed by atoms with Crippen LogP contribution in [0, 0.1) is 0 Å². The number of halogens is 2. The Morgan fingerprint density at radius 3 is 2.89 bits per heavy atom. The van der Waals surface area contributed by atoms with Crippen molar-refractivity contribution in [3.63, 3.8) is 0 Å². The van der Waals surface area contributed by atoms with Crippen molar-refractivity contribution in [3.05, 3.63) is 45.7 Å². The van der Waals surface area contributed by atoms with Crippen molar-refractivity contribution in [1.29, 1.82) is 0 Å². The van der Waals surface area contributed by atoms with Crippen molar-refractivity contribution < 1.29 is 9.94 Å². The maximum Gasteiger partial charge on any atom is 0.322 e. The Bertz CT molecular complexity index is 636. The van der Waals surface area contributed by atoms with Crippen LogP contribution in [-0.2, 0) is 0 Å². The Labute approximate surface area is 122 Å². The molecule has 0 unspecified atom stereocenters. The molecule has 1 heterocycles. The number of oxime groups is 1. The van der Waals surface area contributed by atoms with Crippen molar-refractivity contribution in [2.75, 3.05) is 0 Å². The molecule has 0 aliphatic carbocycles. The zero-order valence-electron chi connectivity index (χ0n) is 9.42. The number of aromatic nitrogens is 2. The molecule has 0 saturated carbocycles. The van der Waals surface area contributed by atoms with Gasteiger partial charge in [-0.1, -0.05) is 32.7 Å². The SMILES string of the molecule is N/C(=N/O)c1ccnc(Oc2ccc(Br)cc2Cl)n1. The molecule has 0 spiro atoms. The molecule has 2 rings (SSSR count). The number of hydrogen-bond donors (Lipinski definition) is 2. The van der Waals surface area contributed by atoms with E-state index in [9.17, 15) is 0 Å². The first-order valence-corrected chi connectivity index (χ1v) is 6.21. The largest absolute Gasteiger partial charge is 0.423 e. The van der Waals surface area contributed by atoms with Gasteiger partial charge in [0.2, 0.25) is 0 Å². The van der Waals surface area contributed by atoms with Gasteiger partial charge in [-0.2, -0.15) is 4.98 Å². The van der Waals surface area contributed by atoms with Crippen LogP contribution in [0.1, 0.15) is 5.69 Å². The fraction of sp³-hybridized carbons (Fsp3) is 0. The van der Waals surface area contributed by atoms with E-state index < -0.39 is 0 Å². The average molecular weight is 344 g/mol. The summed E-state index contributed by atoms with van der Waals surface area (Å²) in [5, 5.41) is 11.8. The van der Waals surface area contributed by atoms with Crippen LogP contribution in [0.15, 0.2) is 40.1 Å². The summed E-state index contributed by atoms with van der Waals surface area (Å²) >= 11 is 9.30. The summed E-state index contributed by atoms with van der Waals surface area (Å²) in [5.41, 5.74) is 5.68. The minimum Gasteiger partial charge on any atom is -0.423 e. The van der Waals surface area contributed by atoms with Crippen molar-refractivity contribution in [3.8, 4) is 11.8 Å². The Balaban J connectivity index is 2.28. The van der Waals surface area contributed by atoms with Gasteiger partial charge in [-0.15, -0.1) is 0 Å². The number of benzene rings is 1. The van der Waals surface area contributed by atoms with Gasteiger partial charge in [0.25, 0.3) is 0 Å². The molecule has 6 nitrogen and oxygen atoms in total. The number of nitrogens with zero attached hydrogens (tertiary/aromatic N) is 3. The van der Waals surface area contributed by atoms with Crippen LogP contribution in [0.25, 0.3) is 0 Å². The fourth-order valence-corrected chi connectivity index (χ4v) is 1.95. The van der Waals surface area contributed by atoms with E-state index in [-0.39, 0.29) is 17.5 Å². The van der Waals surface area contributed by atoms with Crippen LogP contribution < -0.4 is 10.5 Å². The first kappa shape index (κ1) is 13.6. The maximum atomic E-state index is 8.58. The first-order valence-electron chi connectivity index (χ1n) is 5.04. The Morgan fingerprint density at radius 2 is 2.21 bits per heavy atom. The molecule has 0 aliphatic heterocycles. The van der Waals surface area contributed by atoms with Crippen LogP contribution in [0.2, 0.25) is 5.02 Å². The molecule has 0 bridgehead atoms. The Morgan fingerprint density at radius 1 is 1.42 bits per heavy atom. The van der Waals surface area contributed by atoms with E-state index in [0.717, 1.165) is 4.47 Å². The molecule has 19 heavy (non-hydrogen) atoms. The molecule has 2 aromatic rings. The number of ether oxygens (including phenoxy) is 1. The summed E-state index contributed by atoms with van der Waals surface area (Å²) in [7, 11) is 0. The fourth-order valence-electron chi connectivity index (χ4n) is 1.24. The van der Waals surface area contributed by atoms with Crippen LogP contribution >= 0.6 is 27.5 Å². The minimum absolute atomic E-state index is 0.0494. The van der Waals surface area contributed by atoms with Gasteiger partial charge in [0.05, 0.1) is 5.02 Å². The predicted octanol–water partition coefficient (Wildman–Crippen LogP) is 2.78. The third-order valence-corrected chi connectivity index (χ3v) is 2.89. The van der Waals surface area contributed by atoms with Gasteiger partial charge in [0, 0.05) is 10.7 Å². The van der Waals surface area contributed by atoms with E-state index in [1.807, 2.05) is 0 Å². The summed E-state index contributed by atoms with van der Waals surface area (Å²) in [6.07, 6.45) is 1.43. The summed E-state index contributed by atoms with van der Waals surface area (Å²) in [4.78, 5) is 7.90. The monoisotopic (exact) mass is 342 g/mol. The maximum absolute atomic E-state index is 8.58. The number of rotatable bonds is 3. The molecule has 8 heteroatoms. The lowest BCUT2D eigenvalue weighted by molar-refractivity contribution is 0.318. The predicted molar refractivity (Wildman–Crippen MR) is 73.8 cm³/mol. The number of amidine groups is 1. The molecule has 0 saturated heterocycles. The molecule has 1 aromatic carbocycles. The second-order valence-corrected chi connectivity index (χ2v) is 4.71. The molecule has 0 radical (unpaired) electrons. The van der Waals surface area contributed by atoms with E-state index in [1.165, 1.54) is 12.3 Å². The number of nitrogens with two attached hydrogens (primary N) is 1. The van der Waals surface area contributed by atoms with Gasteiger partial charge in [-0.3, -0.25) is 0 Å². The second-order valence-electron chi connectivity index (χ2n) is 3.39. The number of hydrogen-bond acceptors (Lipinski definition) is 5. The van der Waals surface area contributed by atoms with Gasteiger partial charge >= 0.3 is 6.01 Å². The normalized spacial score (nSPS) is 11.4. The zero-order chi connectivity index (χ0) is 13.8. The highest BCUT2D eigenvalue weighted by Crippen LogP contribution is 2.30. The third kappa shape index (κ3) is 3.33. The van der Waals surface area contributed by atoms with Crippen LogP contribution in [0.5, 0.6) is 11.8 Å². The summed E-state index contributed by atoms with van der Waals surface area (Å²) in [6.45, 7) is 0. The molecule has 3 N–H and O–H groups in total. The molecule has 0 amide bonds. The van der Waals surface area contributed by atoms with Gasteiger partial charge in [0.15, 0.2) is 5.84 Å². The molecule has 0 aliphatic rings. The summed E-state index contributed by atoms with van der Waals surface area (Å²) in [5.74, 6) is 0.274. The second kappa shape index (κ2) is 5.85. The van der Waals surface area contributed by atoms with Crippen molar-refractivity contribution >= 4 is 33.4 Å². The van der Waals surface area contributed by atoms with Crippen molar-refractivity contribution in [1.82, 2.24) is 9.97 Å². The quantitative estimate of drug-likeness (QED) is 0.387. The lowest BCUT2D eigenvalue weighted by atomic mass is 10.3. The average Bonchev–Trinajstić information content (AvgIpc) is 2.41. The summed E-state index contributed by atoms with van der Waals surface area (Å²) in [6, 6.07) is 6.67. The van der Waals surface area contributed by atoms with Gasteiger partial charge in [-0.25, -0.2) is 4.98 Å². The zero-order valence-corrected chi connectivity index (χ0v) is 11.8. The minimum atomic E-state index is -0.130. The van der Waals surface area contributed by atoms with Gasteiger partial charge in [-0.05, 0) is 24.3 Å². The topological polar surface area (TPSA) is 93.6 Å².